The van der Waals surface area contributed by atoms with Gasteiger partial charge in [-0.2, -0.15) is 0 Å². The highest BCUT2D eigenvalue weighted by atomic mass is 32.2. The maximum Gasteiger partial charge on any atom is 0.251 e. The van der Waals surface area contributed by atoms with E-state index in [-0.39, 0.29) is 11.3 Å². The van der Waals surface area contributed by atoms with E-state index in [4.69, 9.17) is 14.0 Å². The molecule has 3 aromatic rings. The third kappa shape index (κ3) is 3.60. The number of carbonyl (C=O) groups excluding carboxylic acids is 1. The van der Waals surface area contributed by atoms with Crippen molar-refractivity contribution in [3.8, 4) is 22.8 Å². The molecule has 0 bridgehead atoms. The fourth-order valence-corrected chi connectivity index (χ4v) is 5.95. The fraction of sp³-hybridized carbons (Fsp3) is 0.385. The van der Waals surface area contributed by atoms with Gasteiger partial charge in [0.2, 0.25) is 0 Å². The second-order valence-corrected chi connectivity index (χ2v) is 10.2. The van der Waals surface area contributed by atoms with Gasteiger partial charge in [-0.05, 0) is 67.5 Å². The average Bonchev–Trinajstić information content (AvgIpc) is 3.51. The molecule has 1 saturated carbocycles. The van der Waals surface area contributed by atoms with Gasteiger partial charge in [0.25, 0.3) is 5.91 Å². The Hall–Kier alpha value is -3.33. The van der Waals surface area contributed by atoms with Gasteiger partial charge in [-0.15, -0.1) is 0 Å². The van der Waals surface area contributed by atoms with Crippen molar-refractivity contribution in [1.29, 1.82) is 0 Å². The molecule has 2 N–H and O–H groups in total. The van der Waals surface area contributed by atoms with Crippen LogP contribution in [0.25, 0.3) is 11.3 Å². The van der Waals surface area contributed by atoms with Gasteiger partial charge < -0.3 is 28.9 Å². The number of rotatable bonds is 7. The monoisotopic (exact) mass is 492 g/mol. The average molecular weight is 493 g/mol. The van der Waals surface area contributed by atoms with E-state index >= 15 is 0 Å². The number of ether oxygens (including phenoxy) is 2. The lowest BCUT2D eigenvalue weighted by Gasteiger charge is -2.34. The zero-order valence-corrected chi connectivity index (χ0v) is 20.9. The number of hydrogen-bond acceptors (Lipinski definition) is 8. The smallest absolute Gasteiger partial charge is 0.251 e. The molecule has 8 nitrogen and oxygen atoms in total. The predicted octanol–water partition coefficient (Wildman–Crippen LogP) is 4.64. The molecule has 1 saturated heterocycles. The lowest BCUT2D eigenvalue weighted by atomic mass is 9.79. The van der Waals surface area contributed by atoms with E-state index in [0.717, 1.165) is 41.5 Å². The van der Waals surface area contributed by atoms with E-state index in [9.17, 15) is 4.79 Å². The Kier molecular flexibility index (Phi) is 5.32. The Morgan fingerprint density at radius 3 is 2.49 bits per heavy atom. The van der Waals surface area contributed by atoms with E-state index in [1.54, 1.807) is 33.4 Å². The zero-order chi connectivity index (χ0) is 24.2. The first-order valence-electron chi connectivity index (χ1n) is 11.9. The summed E-state index contributed by atoms with van der Waals surface area (Å²) in [6.45, 7) is 2.22. The molecular formula is C26H28N4O4S. The van der Waals surface area contributed by atoms with Crippen molar-refractivity contribution in [2.24, 2.45) is 0 Å². The van der Waals surface area contributed by atoms with Crippen molar-refractivity contribution in [1.82, 2.24) is 10.5 Å². The van der Waals surface area contributed by atoms with Crippen LogP contribution in [0.3, 0.4) is 0 Å². The maximum atomic E-state index is 12.2. The molecule has 1 aliphatic heterocycles. The third-order valence-electron chi connectivity index (χ3n) is 7.40. The van der Waals surface area contributed by atoms with Crippen molar-refractivity contribution < 1.29 is 18.8 Å². The van der Waals surface area contributed by atoms with E-state index in [1.165, 1.54) is 48.0 Å². The number of amides is 1. The van der Waals surface area contributed by atoms with Gasteiger partial charge in [-0.1, -0.05) is 11.2 Å². The van der Waals surface area contributed by atoms with Crippen LogP contribution in [0, 0.1) is 0 Å². The molecule has 0 radical (unpaired) electrons. The lowest BCUT2D eigenvalue weighted by Crippen LogP contribution is -2.37. The first kappa shape index (κ1) is 22.2. The SMILES string of the molecule is CNC(=O)c1cc(OC)c(SNc2noc3c2CC2(CC2)c2ccc(N4CCC4)cc2-3)c(OC)c1. The van der Waals surface area contributed by atoms with E-state index in [1.807, 2.05) is 0 Å². The Morgan fingerprint density at radius 2 is 1.89 bits per heavy atom. The zero-order valence-electron chi connectivity index (χ0n) is 20.1. The van der Waals surface area contributed by atoms with Gasteiger partial charge in [0.1, 0.15) is 16.4 Å². The molecule has 182 valence electrons. The highest BCUT2D eigenvalue weighted by Crippen LogP contribution is 2.59. The Labute approximate surface area is 208 Å². The molecular weight excluding hydrogens is 464 g/mol. The van der Waals surface area contributed by atoms with Crippen molar-refractivity contribution in [3.05, 3.63) is 47.0 Å². The fourth-order valence-electron chi connectivity index (χ4n) is 5.10. The van der Waals surface area contributed by atoms with Gasteiger partial charge in [0.15, 0.2) is 11.6 Å². The number of fused-ring (bicyclic) bond motifs is 4. The molecule has 0 atom stereocenters. The number of anilines is 2. The standard InChI is InChI=1S/C26H28N4O4S/c1-27-25(31)15-11-20(32-2)23(21(12-15)33-3)35-29-24-18-14-26(7-8-26)19-6-5-16(30-9-4-10-30)13-17(19)22(18)34-28-24/h5-6,11-13H,4,7-10,14H2,1-3H3,(H,27,31)(H,28,29). The van der Waals surface area contributed by atoms with Gasteiger partial charge in [-0.25, -0.2) is 0 Å². The summed E-state index contributed by atoms with van der Waals surface area (Å²) < 4.78 is 20.5. The molecule has 2 aliphatic carbocycles. The van der Waals surface area contributed by atoms with Crippen molar-refractivity contribution in [2.75, 3.05) is 44.0 Å². The molecule has 1 aromatic heterocycles. The van der Waals surface area contributed by atoms with Crippen LogP contribution in [0.1, 0.15) is 40.7 Å². The van der Waals surface area contributed by atoms with E-state index in [2.05, 4.69) is 38.3 Å². The van der Waals surface area contributed by atoms with Crippen LogP contribution in [0.5, 0.6) is 11.5 Å². The molecule has 2 aromatic carbocycles. The predicted molar refractivity (Wildman–Crippen MR) is 136 cm³/mol. The number of methoxy groups -OCH3 is 2. The first-order valence-corrected chi connectivity index (χ1v) is 12.7. The Morgan fingerprint density at radius 1 is 1.14 bits per heavy atom. The van der Waals surface area contributed by atoms with E-state index in [0.29, 0.717) is 17.1 Å². The number of aromatic nitrogens is 1. The minimum Gasteiger partial charge on any atom is -0.495 e. The van der Waals surface area contributed by atoms with Crippen molar-refractivity contribution in [3.63, 3.8) is 0 Å². The van der Waals surface area contributed by atoms with Gasteiger partial charge >= 0.3 is 0 Å². The molecule has 9 heteroatoms. The van der Waals surface area contributed by atoms with Gasteiger partial charge in [0, 0.05) is 47.9 Å². The van der Waals surface area contributed by atoms with Crippen LogP contribution in [-0.4, -0.2) is 45.4 Å². The summed E-state index contributed by atoms with van der Waals surface area (Å²) in [5.41, 5.74) is 5.58. The molecule has 0 unspecified atom stereocenters. The molecule has 1 amide bonds. The highest BCUT2D eigenvalue weighted by molar-refractivity contribution is 8.00. The molecule has 35 heavy (non-hydrogen) atoms. The lowest BCUT2D eigenvalue weighted by molar-refractivity contribution is 0.0962. The van der Waals surface area contributed by atoms with Crippen LogP contribution >= 0.6 is 11.9 Å². The summed E-state index contributed by atoms with van der Waals surface area (Å²) in [4.78, 5) is 15.3. The van der Waals surface area contributed by atoms with Crippen LogP contribution < -0.4 is 24.4 Å². The Balaban J connectivity index is 1.32. The van der Waals surface area contributed by atoms with Gasteiger partial charge in [-0.3, -0.25) is 4.79 Å². The van der Waals surface area contributed by atoms with Crippen LogP contribution in [0.2, 0.25) is 0 Å². The first-order chi connectivity index (χ1) is 17.1. The summed E-state index contributed by atoms with van der Waals surface area (Å²) in [5, 5.41) is 7.05. The molecule has 3 aliphatic rings. The number of nitrogens with zero attached hydrogens (tertiary/aromatic N) is 2. The highest BCUT2D eigenvalue weighted by Gasteiger charge is 2.50. The normalized spacial score (nSPS) is 16.7. The summed E-state index contributed by atoms with van der Waals surface area (Å²) in [5.74, 6) is 2.46. The number of carbonyl (C=O) groups is 1. The van der Waals surface area contributed by atoms with Crippen LogP contribution in [0.4, 0.5) is 11.5 Å². The second kappa shape index (κ2) is 8.41. The molecule has 6 rings (SSSR count). The van der Waals surface area contributed by atoms with Crippen LogP contribution in [-0.2, 0) is 11.8 Å². The third-order valence-corrected chi connectivity index (χ3v) is 8.30. The van der Waals surface area contributed by atoms with Gasteiger partial charge in [0.05, 0.1) is 14.2 Å². The number of benzene rings is 2. The summed E-state index contributed by atoms with van der Waals surface area (Å²) in [6, 6.07) is 10.2. The minimum absolute atomic E-state index is 0.188. The molecule has 2 heterocycles. The summed E-state index contributed by atoms with van der Waals surface area (Å²) >= 11 is 1.34. The number of hydrogen-bond donors (Lipinski definition) is 2. The van der Waals surface area contributed by atoms with Crippen LogP contribution in [0.15, 0.2) is 39.8 Å². The van der Waals surface area contributed by atoms with E-state index < -0.39 is 0 Å². The summed E-state index contributed by atoms with van der Waals surface area (Å²) in [6.07, 6.45) is 4.53. The number of nitrogens with one attached hydrogen (secondary N) is 2. The second-order valence-electron chi connectivity index (χ2n) is 9.36. The minimum atomic E-state index is -0.206. The quantitative estimate of drug-likeness (QED) is 0.462. The molecule has 2 fully saturated rings. The topological polar surface area (TPSA) is 88.9 Å². The van der Waals surface area contributed by atoms with Crippen molar-refractivity contribution >= 4 is 29.4 Å². The van der Waals surface area contributed by atoms with Crippen molar-refractivity contribution in [2.45, 2.75) is 36.0 Å². The summed E-state index contributed by atoms with van der Waals surface area (Å²) in [7, 11) is 4.75. The molecule has 1 spiro atoms. The Bertz CT molecular complexity index is 1290. The largest absolute Gasteiger partial charge is 0.495 e. The maximum absolute atomic E-state index is 12.2.